The van der Waals surface area contributed by atoms with E-state index in [-0.39, 0.29) is 11.8 Å². The Kier molecular flexibility index (Phi) is 6.17. The van der Waals surface area contributed by atoms with E-state index in [1.165, 1.54) is 0 Å². The minimum absolute atomic E-state index is 0.00717. The first kappa shape index (κ1) is 16.3. The zero-order valence-corrected chi connectivity index (χ0v) is 13.3. The lowest BCUT2D eigenvalue weighted by Gasteiger charge is -2.47. The summed E-state index contributed by atoms with van der Waals surface area (Å²) < 4.78 is 0. The van der Waals surface area contributed by atoms with Gasteiger partial charge in [0.1, 0.15) is 11.6 Å². The molecule has 1 aliphatic heterocycles. The van der Waals surface area contributed by atoms with E-state index in [0.29, 0.717) is 19.4 Å². The van der Waals surface area contributed by atoms with Crippen LogP contribution >= 0.6 is 11.8 Å². The number of carbonyl (C=O) groups excluding carboxylic acids is 2. The molecule has 1 fully saturated rings. The van der Waals surface area contributed by atoms with E-state index in [9.17, 15) is 9.59 Å². The molecule has 1 aliphatic rings. The number of thioether (sulfide) groups is 1. The second kappa shape index (κ2) is 7.17. The Hall–Kier alpha value is -0.710. The highest BCUT2D eigenvalue weighted by Gasteiger charge is 2.48. The zero-order chi connectivity index (χ0) is 14.5. The molecule has 0 aliphatic carbocycles. The number of amides is 2. The number of piperazine rings is 1. The fourth-order valence-electron chi connectivity index (χ4n) is 2.71. The van der Waals surface area contributed by atoms with Gasteiger partial charge in [0, 0.05) is 6.54 Å². The molecular formula is C14H26N2O2S. The molecule has 0 aromatic carbocycles. The lowest BCUT2D eigenvalue weighted by atomic mass is 9.86. The topological polar surface area (TPSA) is 49.4 Å². The van der Waals surface area contributed by atoms with Crippen LogP contribution in [0.2, 0.25) is 0 Å². The van der Waals surface area contributed by atoms with Crippen LogP contribution in [-0.2, 0) is 9.59 Å². The van der Waals surface area contributed by atoms with Crippen molar-refractivity contribution < 1.29 is 9.59 Å². The molecule has 0 radical (unpaired) electrons. The number of hydrogen-bond acceptors (Lipinski definition) is 3. The van der Waals surface area contributed by atoms with E-state index in [1.807, 2.05) is 30.5 Å². The molecule has 1 heterocycles. The molecule has 1 unspecified atom stereocenters. The Bertz CT molecular complexity index is 329. The summed E-state index contributed by atoms with van der Waals surface area (Å²) in [5, 5.41) is 2.82. The maximum atomic E-state index is 12.4. The van der Waals surface area contributed by atoms with E-state index in [1.54, 1.807) is 6.92 Å². The van der Waals surface area contributed by atoms with Crippen molar-refractivity contribution in [3.05, 3.63) is 0 Å². The molecule has 5 heteroatoms. The highest BCUT2D eigenvalue weighted by atomic mass is 32.2. The third kappa shape index (κ3) is 3.25. The van der Waals surface area contributed by atoms with Crippen LogP contribution in [0.4, 0.5) is 0 Å². The van der Waals surface area contributed by atoms with E-state index in [4.69, 9.17) is 0 Å². The van der Waals surface area contributed by atoms with Crippen LogP contribution < -0.4 is 5.32 Å². The van der Waals surface area contributed by atoms with E-state index in [2.05, 4.69) is 12.2 Å². The summed E-state index contributed by atoms with van der Waals surface area (Å²) in [6.07, 6.45) is 2.30. The van der Waals surface area contributed by atoms with Crippen LogP contribution in [0.15, 0.2) is 0 Å². The number of nitrogens with zero attached hydrogens (tertiary/aromatic N) is 1. The Morgan fingerprint density at radius 1 is 1.26 bits per heavy atom. The molecule has 0 bridgehead atoms. The lowest BCUT2D eigenvalue weighted by Crippen LogP contribution is -2.69. The van der Waals surface area contributed by atoms with Crippen molar-refractivity contribution >= 4 is 23.6 Å². The van der Waals surface area contributed by atoms with Crippen molar-refractivity contribution in [2.75, 3.05) is 18.1 Å². The molecule has 4 nitrogen and oxygen atoms in total. The molecule has 1 atom stereocenters. The van der Waals surface area contributed by atoms with Gasteiger partial charge in [-0.2, -0.15) is 11.8 Å². The van der Waals surface area contributed by atoms with E-state index in [0.717, 1.165) is 17.9 Å². The van der Waals surface area contributed by atoms with Crippen molar-refractivity contribution in [1.82, 2.24) is 10.2 Å². The quantitative estimate of drug-likeness (QED) is 0.729. The van der Waals surface area contributed by atoms with Gasteiger partial charge in [0.2, 0.25) is 11.8 Å². The van der Waals surface area contributed by atoms with Gasteiger partial charge in [0.05, 0.1) is 0 Å². The maximum absolute atomic E-state index is 12.4. The second-order valence-electron chi connectivity index (χ2n) is 4.97. The van der Waals surface area contributed by atoms with Crippen molar-refractivity contribution in [2.45, 2.75) is 58.5 Å². The van der Waals surface area contributed by atoms with Crippen molar-refractivity contribution in [3.63, 3.8) is 0 Å². The molecule has 19 heavy (non-hydrogen) atoms. The van der Waals surface area contributed by atoms with E-state index < -0.39 is 11.6 Å². The average molecular weight is 286 g/mol. The van der Waals surface area contributed by atoms with Crippen LogP contribution in [0, 0.1) is 0 Å². The van der Waals surface area contributed by atoms with Gasteiger partial charge in [0.25, 0.3) is 0 Å². The van der Waals surface area contributed by atoms with Crippen LogP contribution in [0.5, 0.6) is 0 Å². The average Bonchev–Trinajstić information content (AvgIpc) is 2.40. The van der Waals surface area contributed by atoms with Gasteiger partial charge in [-0.15, -0.1) is 0 Å². The number of hydrogen-bond donors (Lipinski definition) is 1. The van der Waals surface area contributed by atoms with Gasteiger partial charge < -0.3 is 10.2 Å². The minimum atomic E-state index is -0.638. The standard InChI is InChI=1S/C14H26N2O2S/c1-5-14(6-2)13(18)15-11(4)12(17)16(14)9-8-10-19-7-3/h11H,5-10H2,1-4H3,(H,15,18). The predicted octanol–water partition coefficient (Wildman–Crippen LogP) is 2.04. The van der Waals surface area contributed by atoms with E-state index >= 15 is 0 Å². The minimum Gasteiger partial charge on any atom is -0.343 e. The Morgan fingerprint density at radius 3 is 2.42 bits per heavy atom. The molecule has 1 rings (SSSR count). The zero-order valence-electron chi connectivity index (χ0n) is 12.5. The molecule has 0 aromatic rings. The highest BCUT2D eigenvalue weighted by Crippen LogP contribution is 2.29. The van der Waals surface area contributed by atoms with Gasteiger partial charge in [-0.3, -0.25) is 9.59 Å². The Morgan fingerprint density at radius 2 is 1.89 bits per heavy atom. The van der Waals surface area contributed by atoms with Gasteiger partial charge in [-0.05, 0) is 37.7 Å². The normalized spacial score (nSPS) is 22.5. The molecular weight excluding hydrogens is 260 g/mol. The summed E-state index contributed by atoms with van der Waals surface area (Å²) >= 11 is 1.88. The third-order valence-corrected chi connectivity index (χ3v) is 4.95. The summed E-state index contributed by atoms with van der Waals surface area (Å²) in [6.45, 7) is 8.56. The van der Waals surface area contributed by atoms with Crippen molar-refractivity contribution in [2.24, 2.45) is 0 Å². The fourth-order valence-corrected chi connectivity index (χ4v) is 3.33. The molecule has 0 aromatic heterocycles. The number of nitrogens with one attached hydrogen (secondary N) is 1. The first-order valence-corrected chi connectivity index (χ1v) is 8.39. The fraction of sp³-hybridized carbons (Fsp3) is 0.857. The summed E-state index contributed by atoms with van der Waals surface area (Å²) in [5.41, 5.74) is -0.638. The largest absolute Gasteiger partial charge is 0.343 e. The summed E-state index contributed by atoms with van der Waals surface area (Å²) in [6, 6.07) is -0.391. The van der Waals surface area contributed by atoms with Crippen molar-refractivity contribution in [1.29, 1.82) is 0 Å². The first-order valence-electron chi connectivity index (χ1n) is 7.23. The molecule has 0 spiro atoms. The lowest BCUT2D eigenvalue weighted by molar-refractivity contribution is -0.157. The van der Waals surface area contributed by atoms with Crippen molar-refractivity contribution in [3.8, 4) is 0 Å². The molecule has 2 amide bonds. The highest BCUT2D eigenvalue weighted by molar-refractivity contribution is 7.99. The van der Waals surface area contributed by atoms with Gasteiger partial charge in [-0.1, -0.05) is 20.8 Å². The summed E-state index contributed by atoms with van der Waals surface area (Å²) in [5.74, 6) is 2.20. The van der Waals surface area contributed by atoms with Gasteiger partial charge >= 0.3 is 0 Å². The molecule has 1 N–H and O–H groups in total. The summed E-state index contributed by atoms with van der Waals surface area (Å²) in [4.78, 5) is 26.5. The monoisotopic (exact) mass is 286 g/mol. The van der Waals surface area contributed by atoms with Crippen LogP contribution in [-0.4, -0.2) is 46.3 Å². The number of carbonyl (C=O) groups is 2. The van der Waals surface area contributed by atoms with Gasteiger partial charge in [0.15, 0.2) is 0 Å². The molecule has 0 saturated carbocycles. The third-order valence-electron chi connectivity index (χ3n) is 3.97. The Balaban J connectivity index is 2.83. The van der Waals surface area contributed by atoms with Crippen LogP contribution in [0.1, 0.15) is 47.0 Å². The van der Waals surface area contributed by atoms with Crippen LogP contribution in [0.25, 0.3) is 0 Å². The first-order chi connectivity index (χ1) is 9.03. The second-order valence-corrected chi connectivity index (χ2v) is 6.37. The van der Waals surface area contributed by atoms with Crippen LogP contribution in [0.3, 0.4) is 0 Å². The predicted molar refractivity (Wildman–Crippen MR) is 80.2 cm³/mol. The summed E-state index contributed by atoms with van der Waals surface area (Å²) in [7, 11) is 0. The number of rotatable bonds is 7. The smallest absolute Gasteiger partial charge is 0.246 e. The Labute approximate surface area is 120 Å². The van der Waals surface area contributed by atoms with Gasteiger partial charge in [-0.25, -0.2) is 0 Å². The SMILES string of the molecule is CCSCCCN1C(=O)C(C)NC(=O)C1(CC)CC. The molecule has 110 valence electrons. The molecule has 1 saturated heterocycles. The maximum Gasteiger partial charge on any atom is 0.246 e.